The summed E-state index contributed by atoms with van der Waals surface area (Å²) >= 11 is 0. The van der Waals surface area contributed by atoms with Gasteiger partial charge in [0.1, 0.15) is 6.54 Å². The highest BCUT2D eigenvalue weighted by Crippen LogP contribution is 2.24. The van der Waals surface area contributed by atoms with Gasteiger partial charge in [0.2, 0.25) is 15.9 Å². The van der Waals surface area contributed by atoms with Crippen LogP contribution in [0.15, 0.2) is 24.3 Å². The molecule has 0 atom stereocenters. The first kappa shape index (κ1) is 19.4. The maximum absolute atomic E-state index is 12.7. The largest absolute Gasteiger partial charge is 0.341 e. The van der Waals surface area contributed by atoms with E-state index in [1.54, 1.807) is 29.2 Å². The molecule has 0 unspecified atom stereocenters. The van der Waals surface area contributed by atoms with Gasteiger partial charge >= 0.3 is 0 Å². The summed E-state index contributed by atoms with van der Waals surface area (Å²) in [6.07, 6.45) is 0. The third-order valence-electron chi connectivity index (χ3n) is 3.95. The average molecular weight is 366 g/mol. The standard InChI is InChI=1S/C18H26N2O4S/c1-13(2)9-19(10-14(3)4)17(21)11-20-18(22)16-8-6-5-7-15(16)12-25(20,23)24/h5-8,13-14H,9-12H2,1-4H3. The van der Waals surface area contributed by atoms with Crippen molar-refractivity contribution >= 4 is 21.8 Å². The maximum Gasteiger partial charge on any atom is 0.268 e. The number of nitrogens with zero attached hydrogens (tertiary/aromatic N) is 2. The number of rotatable bonds is 6. The zero-order valence-electron chi connectivity index (χ0n) is 15.2. The molecule has 0 N–H and O–H groups in total. The van der Waals surface area contributed by atoms with Crippen LogP contribution in [0.2, 0.25) is 0 Å². The van der Waals surface area contributed by atoms with Gasteiger partial charge < -0.3 is 4.90 Å². The molecule has 6 nitrogen and oxygen atoms in total. The van der Waals surface area contributed by atoms with Crippen molar-refractivity contribution in [3.05, 3.63) is 35.4 Å². The van der Waals surface area contributed by atoms with Gasteiger partial charge in [-0.2, -0.15) is 0 Å². The van der Waals surface area contributed by atoms with E-state index in [0.717, 1.165) is 4.31 Å². The van der Waals surface area contributed by atoms with Crippen LogP contribution in [0.25, 0.3) is 0 Å². The number of sulfonamides is 1. The molecule has 1 aliphatic rings. The number of carbonyl (C=O) groups excluding carboxylic acids is 2. The molecule has 1 aliphatic heterocycles. The molecule has 0 spiro atoms. The lowest BCUT2D eigenvalue weighted by atomic mass is 10.1. The number of hydrogen-bond donors (Lipinski definition) is 0. The summed E-state index contributed by atoms with van der Waals surface area (Å²) in [7, 11) is -3.84. The molecule has 1 heterocycles. The Morgan fingerprint density at radius 3 is 2.24 bits per heavy atom. The van der Waals surface area contributed by atoms with E-state index in [1.807, 2.05) is 27.7 Å². The molecule has 2 rings (SSSR count). The van der Waals surface area contributed by atoms with Gasteiger partial charge in [0.05, 0.1) is 5.75 Å². The Morgan fingerprint density at radius 1 is 1.12 bits per heavy atom. The lowest BCUT2D eigenvalue weighted by molar-refractivity contribution is -0.132. The molecule has 2 amide bonds. The Balaban J connectivity index is 2.25. The Labute approximate surface area is 149 Å². The molecule has 1 aromatic rings. The Bertz CT molecular complexity index is 746. The Hall–Kier alpha value is -1.89. The molecule has 0 saturated carbocycles. The van der Waals surface area contributed by atoms with Crippen molar-refractivity contribution in [2.45, 2.75) is 33.4 Å². The fraction of sp³-hybridized carbons (Fsp3) is 0.556. The monoisotopic (exact) mass is 366 g/mol. The lowest BCUT2D eigenvalue weighted by Gasteiger charge is -2.31. The van der Waals surface area contributed by atoms with E-state index in [0.29, 0.717) is 24.2 Å². The van der Waals surface area contributed by atoms with E-state index >= 15 is 0 Å². The molecule has 0 fully saturated rings. The van der Waals surface area contributed by atoms with Gasteiger partial charge in [0, 0.05) is 18.7 Å². The van der Waals surface area contributed by atoms with E-state index in [2.05, 4.69) is 0 Å². The van der Waals surface area contributed by atoms with Crippen molar-refractivity contribution in [2.24, 2.45) is 11.8 Å². The molecule has 1 aromatic carbocycles. The molecule has 25 heavy (non-hydrogen) atoms. The molecule has 0 bridgehead atoms. The Morgan fingerprint density at radius 2 is 1.68 bits per heavy atom. The van der Waals surface area contributed by atoms with E-state index < -0.39 is 22.5 Å². The summed E-state index contributed by atoms with van der Waals surface area (Å²) in [5, 5.41) is 0. The minimum atomic E-state index is -3.84. The minimum Gasteiger partial charge on any atom is -0.341 e. The number of benzene rings is 1. The molecule has 0 aliphatic carbocycles. The molecule has 138 valence electrons. The van der Waals surface area contributed by atoms with Crippen molar-refractivity contribution in [2.75, 3.05) is 19.6 Å². The minimum absolute atomic E-state index is 0.253. The SMILES string of the molecule is CC(C)CN(CC(C)C)C(=O)CN1C(=O)c2ccccc2CS1(=O)=O. The van der Waals surface area contributed by atoms with Gasteiger partial charge in [-0.15, -0.1) is 0 Å². The van der Waals surface area contributed by atoms with Crippen molar-refractivity contribution in [1.29, 1.82) is 0 Å². The zero-order chi connectivity index (χ0) is 18.8. The van der Waals surface area contributed by atoms with Crippen molar-refractivity contribution < 1.29 is 18.0 Å². The van der Waals surface area contributed by atoms with Crippen LogP contribution in [-0.4, -0.2) is 49.1 Å². The lowest BCUT2D eigenvalue weighted by Crippen LogP contribution is -2.49. The summed E-state index contributed by atoms with van der Waals surface area (Å²) < 4.78 is 25.7. The highest BCUT2D eigenvalue weighted by Gasteiger charge is 2.37. The smallest absolute Gasteiger partial charge is 0.268 e. The first-order chi connectivity index (χ1) is 11.6. The van der Waals surface area contributed by atoms with Gasteiger partial charge in [-0.1, -0.05) is 45.9 Å². The normalized spacial score (nSPS) is 16.2. The average Bonchev–Trinajstić information content (AvgIpc) is 2.49. The third kappa shape index (κ3) is 4.60. The molecule has 0 radical (unpaired) electrons. The predicted molar refractivity (Wildman–Crippen MR) is 96.4 cm³/mol. The number of amides is 2. The van der Waals surface area contributed by atoms with Gasteiger partial charge in [0.15, 0.2) is 0 Å². The van der Waals surface area contributed by atoms with Crippen LogP contribution < -0.4 is 0 Å². The van der Waals surface area contributed by atoms with Gasteiger partial charge in [0.25, 0.3) is 5.91 Å². The Kier molecular flexibility index (Phi) is 5.87. The summed E-state index contributed by atoms with van der Waals surface area (Å²) in [5.41, 5.74) is 0.835. The summed E-state index contributed by atoms with van der Waals surface area (Å²) in [4.78, 5) is 27.0. The predicted octanol–water partition coefficient (Wildman–Crippen LogP) is 2.11. The van der Waals surface area contributed by atoms with Crippen LogP contribution in [-0.2, 0) is 20.6 Å². The third-order valence-corrected chi connectivity index (χ3v) is 5.59. The topological polar surface area (TPSA) is 74.8 Å². The van der Waals surface area contributed by atoms with E-state index in [4.69, 9.17) is 0 Å². The summed E-state index contributed by atoms with van der Waals surface area (Å²) in [6.45, 7) is 8.64. The van der Waals surface area contributed by atoms with Crippen LogP contribution in [0.3, 0.4) is 0 Å². The number of hydrogen-bond acceptors (Lipinski definition) is 4. The van der Waals surface area contributed by atoms with Gasteiger partial charge in [-0.3, -0.25) is 9.59 Å². The summed E-state index contributed by atoms with van der Waals surface area (Å²) in [5.74, 6) is -0.687. The quantitative estimate of drug-likeness (QED) is 0.773. The van der Waals surface area contributed by atoms with Crippen molar-refractivity contribution in [3.8, 4) is 0 Å². The second-order valence-corrected chi connectivity index (χ2v) is 9.20. The van der Waals surface area contributed by atoms with Gasteiger partial charge in [-0.05, 0) is 23.5 Å². The van der Waals surface area contributed by atoms with Gasteiger partial charge in [-0.25, -0.2) is 12.7 Å². The zero-order valence-corrected chi connectivity index (χ0v) is 16.0. The van der Waals surface area contributed by atoms with E-state index in [1.165, 1.54) is 0 Å². The fourth-order valence-electron chi connectivity index (χ4n) is 2.94. The molecule has 0 aromatic heterocycles. The second kappa shape index (κ2) is 7.56. The first-order valence-electron chi connectivity index (χ1n) is 8.52. The molecular weight excluding hydrogens is 340 g/mol. The van der Waals surface area contributed by atoms with Crippen LogP contribution in [0.5, 0.6) is 0 Å². The van der Waals surface area contributed by atoms with E-state index in [-0.39, 0.29) is 23.5 Å². The fourth-order valence-corrected chi connectivity index (χ4v) is 4.40. The van der Waals surface area contributed by atoms with Crippen molar-refractivity contribution in [3.63, 3.8) is 0 Å². The number of carbonyl (C=O) groups is 2. The summed E-state index contributed by atoms with van der Waals surface area (Å²) in [6, 6.07) is 6.63. The highest BCUT2D eigenvalue weighted by molar-refractivity contribution is 7.89. The van der Waals surface area contributed by atoms with Crippen LogP contribution in [0, 0.1) is 11.8 Å². The highest BCUT2D eigenvalue weighted by atomic mass is 32.2. The first-order valence-corrected chi connectivity index (χ1v) is 10.1. The van der Waals surface area contributed by atoms with E-state index in [9.17, 15) is 18.0 Å². The molecule has 0 saturated heterocycles. The molecular formula is C18H26N2O4S. The maximum atomic E-state index is 12.7. The van der Waals surface area contributed by atoms with Crippen LogP contribution in [0.1, 0.15) is 43.6 Å². The second-order valence-electron chi connectivity index (χ2n) is 7.31. The van der Waals surface area contributed by atoms with Crippen molar-refractivity contribution in [1.82, 2.24) is 9.21 Å². The number of fused-ring (bicyclic) bond motifs is 1. The van der Waals surface area contributed by atoms with Crippen LogP contribution >= 0.6 is 0 Å². The van der Waals surface area contributed by atoms with Crippen LogP contribution in [0.4, 0.5) is 0 Å². The molecule has 7 heteroatoms.